The van der Waals surface area contributed by atoms with E-state index in [0.29, 0.717) is 0 Å². The molecule has 0 radical (unpaired) electrons. The van der Waals surface area contributed by atoms with Gasteiger partial charge in [0.15, 0.2) is 17.5 Å². The number of Topliss-reactive ketones (excluding diaryl/α,β-unsaturated/α-hetero) is 2. The Morgan fingerprint density at radius 1 is 0.895 bits per heavy atom. The number of nitro benzene ring substituents is 2. The van der Waals surface area contributed by atoms with Gasteiger partial charge in [-0.2, -0.15) is 10.5 Å². The molecule has 2 aromatic carbocycles. The van der Waals surface area contributed by atoms with E-state index < -0.39 is 61.1 Å². The number of hydrogen-bond donors (Lipinski definition) is 0. The van der Waals surface area contributed by atoms with Crippen LogP contribution in [-0.2, 0) is 14.3 Å². The summed E-state index contributed by atoms with van der Waals surface area (Å²) in [6, 6.07) is 10.1. The highest BCUT2D eigenvalue weighted by Gasteiger charge is 2.38. The van der Waals surface area contributed by atoms with Gasteiger partial charge in [0.25, 0.3) is 16.6 Å². The number of carbonyl (C=O) groups is 4. The highest BCUT2D eigenvalue weighted by Crippen LogP contribution is 2.25. The predicted octanol–water partition coefficient (Wildman–Crippen LogP) is 4.04. The van der Waals surface area contributed by atoms with Crippen LogP contribution in [-0.4, -0.2) is 38.2 Å². The van der Waals surface area contributed by atoms with E-state index >= 15 is 0 Å². The summed E-state index contributed by atoms with van der Waals surface area (Å²) in [6.45, 7) is 5.73. The number of esters is 1. The number of benzene rings is 2. The fourth-order valence-corrected chi connectivity index (χ4v) is 3.01. The summed E-state index contributed by atoms with van der Waals surface area (Å²) in [5, 5.41) is 38.0. The molecule has 0 aliphatic heterocycles. The maximum atomic E-state index is 12.5. The minimum Gasteiger partial charge on any atom is -0.459 e. The van der Waals surface area contributed by atoms with Gasteiger partial charge in [0.05, 0.1) is 38.7 Å². The number of nitriles is 2. The Hall–Kier alpha value is -5.01. The number of halogens is 1. The van der Waals surface area contributed by atoms with Crippen molar-refractivity contribution in [2.75, 3.05) is 0 Å². The van der Waals surface area contributed by atoms with Crippen LogP contribution < -0.4 is 0 Å². The lowest BCUT2D eigenvalue weighted by Crippen LogP contribution is -2.36. The molecule has 0 amide bonds. The average molecular weight is 543 g/mol. The van der Waals surface area contributed by atoms with Crippen LogP contribution in [0.5, 0.6) is 0 Å². The number of nitro groups is 2. The highest BCUT2D eigenvalue weighted by molar-refractivity contribution is 6.68. The van der Waals surface area contributed by atoms with Crippen LogP contribution >= 0.6 is 11.6 Å². The second-order valence-corrected chi connectivity index (χ2v) is 8.76. The SMILES string of the molecule is CC(=O)C(C(=O)OC(C)(C)C)C(=O)c1ccc(C#N)cc1[N+](=O)[O-].N#Cc1ccc(C(=O)Cl)c([N+](=O)[O-])c1. The maximum absolute atomic E-state index is 12.5. The minimum absolute atomic E-state index is 0.0186. The van der Waals surface area contributed by atoms with Crippen molar-refractivity contribution >= 4 is 45.8 Å². The second-order valence-electron chi connectivity index (χ2n) is 8.42. The lowest BCUT2D eigenvalue weighted by molar-refractivity contribution is -0.385. The fourth-order valence-electron chi connectivity index (χ4n) is 2.85. The molecule has 0 fully saturated rings. The van der Waals surface area contributed by atoms with Gasteiger partial charge in [-0.25, -0.2) is 0 Å². The van der Waals surface area contributed by atoms with Crippen molar-refractivity contribution in [3.05, 3.63) is 78.9 Å². The van der Waals surface area contributed by atoms with E-state index in [1.165, 1.54) is 12.1 Å². The monoisotopic (exact) mass is 542 g/mol. The number of hydrogen-bond acceptors (Lipinski definition) is 11. The molecule has 0 aliphatic carbocycles. The first kappa shape index (κ1) is 31.0. The van der Waals surface area contributed by atoms with E-state index in [0.717, 1.165) is 31.2 Å². The lowest BCUT2D eigenvalue weighted by Gasteiger charge is -2.22. The van der Waals surface area contributed by atoms with Crippen LogP contribution in [0, 0.1) is 48.8 Å². The van der Waals surface area contributed by atoms with Gasteiger partial charge in [-0.1, -0.05) is 0 Å². The first-order valence-corrected chi connectivity index (χ1v) is 10.8. The van der Waals surface area contributed by atoms with Crippen molar-refractivity contribution in [3.63, 3.8) is 0 Å². The molecule has 0 N–H and O–H groups in total. The van der Waals surface area contributed by atoms with E-state index in [9.17, 15) is 39.4 Å². The quantitative estimate of drug-likeness (QED) is 0.121. The summed E-state index contributed by atoms with van der Waals surface area (Å²) in [6.07, 6.45) is 0. The molecule has 0 aliphatic rings. The van der Waals surface area contributed by atoms with E-state index in [1.54, 1.807) is 32.9 Å². The fraction of sp³-hybridized carbons (Fsp3) is 0.250. The zero-order valence-corrected chi connectivity index (χ0v) is 21.1. The third kappa shape index (κ3) is 8.29. The van der Waals surface area contributed by atoms with E-state index in [-0.39, 0.29) is 16.7 Å². The van der Waals surface area contributed by atoms with Gasteiger partial charge in [0, 0.05) is 12.1 Å². The lowest BCUT2D eigenvalue weighted by atomic mass is 9.92. The van der Waals surface area contributed by atoms with Gasteiger partial charge < -0.3 is 4.74 Å². The average Bonchev–Trinajstić information content (AvgIpc) is 2.81. The zero-order valence-electron chi connectivity index (χ0n) is 20.4. The van der Waals surface area contributed by atoms with Crippen molar-refractivity contribution in [2.24, 2.45) is 5.92 Å². The molecule has 196 valence electrons. The molecule has 0 heterocycles. The standard InChI is InChI=1S/C16H16N2O6.C8H3ClN2O3/c1-9(19)13(15(21)24-16(2,3)4)14(20)11-6-5-10(8-17)7-12(11)18(22)23;9-8(12)6-2-1-5(4-10)3-7(6)11(13)14/h5-7,13H,1-4H3;1-3H. The van der Waals surface area contributed by atoms with Gasteiger partial charge in [0.1, 0.15) is 11.2 Å². The van der Waals surface area contributed by atoms with Crippen LogP contribution in [0.4, 0.5) is 11.4 Å². The van der Waals surface area contributed by atoms with Crippen molar-refractivity contribution in [2.45, 2.75) is 33.3 Å². The molecular weight excluding hydrogens is 524 g/mol. The smallest absolute Gasteiger partial charge is 0.325 e. The summed E-state index contributed by atoms with van der Waals surface area (Å²) in [4.78, 5) is 67.2. The number of ketones is 2. The Bertz CT molecular complexity index is 1420. The first-order valence-electron chi connectivity index (χ1n) is 10.4. The molecule has 0 spiro atoms. The van der Waals surface area contributed by atoms with Gasteiger partial charge in [-0.15, -0.1) is 0 Å². The summed E-state index contributed by atoms with van der Waals surface area (Å²) < 4.78 is 5.05. The molecule has 2 aromatic rings. The normalized spacial score (nSPS) is 10.9. The van der Waals surface area contributed by atoms with E-state index in [4.69, 9.17) is 26.9 Å². The Balaban J connectivity index is 0.000000437. The van der Waals surface area contributed by atoms with Crippen LogP contribution in [0.25, 0.3) is 0 Å². The Morgan fingerprint density at radius 3 is 1.66 bits per heavy atom. The third-order valence-electron chi connectivity index (χ3n) is 4.44. The number of carbonyl (C=O) groups excluding carboxylic acids is 4. The summed E-state index contributed by atoms with van der Waals surface area (Å²) in [5.41, 5.74) is -2.58. The largest absolute Gasteiger partial charge is 0.459 e. The molecule has 1 atom stereocenters. The van der Waals surface area contributed by atoms with Crippen LogP contribution in [0.3, 0.4) is 0 Å². The van der Waals surface area contributed by atoms with Gasteiger partial charge in [-0.3, -0.25) is 39.4 Å². The minimum atomic E-state index is -1.80. The van der Waals surface area contributed by atoms with Crippen molar-refractivity contribution in [1.82, 2.24) is 0 Å². The first-order chi connectivity index (χ1) is 17.5. The van der Waals surface area contributed by atoms with Crippen LogP contribution in [0.1, 0.15) is 59.5 Å². The molecular formula is C24H19ClN4O9. The van der Waals surface area contributed by atoms with E-state index in [1.807, 2.05) is 0 Å². The molecule has 2 rings (SSSR count). The Morgan fingerprint density at radius 2 is 1.32 bits per heavy atom. The Labute approximate surface area is 220 Å². The van der Waals surface area contributed by atoms with Gasteiger partial charge in [-0.05, 0) is 63.6 Å². The molecule has 14 heteroatoms. The second kappa shape index (κ2) is 12.8. The van der Waals surface area contributed by atoms with Crippen LogP contribution in [0.2, 0.25) is 0 Å². The summed E-state index contributed by atoms with van der Waals surface area (Å²) >= 11 is 5.12. The zero-order chi connectivity index (χ0) is 29.4. The summed E-state index contributed by atoms with van der Waals surface area (Å²) in [5.74, 6) is -4.68. The molecule has 0 saturated carbocycles. The molecule has 1 unspecified atom stereocenters. The number of rotatable bonds is 7. The highest BCUT2D eigenvalue weighted by atomic mass is 35.5. The van der Waals surface area contributed by atoms with Crippen LogP contribution in [0.15, 0.2) is 36.4 Å². The molecule has 13 nitrogen and oxygen atoms in total. The topological polar surface area (TPSA) is 211 Å². The van der Waals surface area contributed by atoms with E-state index in [2.05, 4.69) is 0 Å². The van der Waals surface area contributed by atoms with Crippen molar-refractivity contribution < 1.29 is 33.8 Å². The summed E-state index contributed by atoms with van der Waals surface area (Å²) in [7, 11) is 0. The maximum Gasteiger partial charge on any atom is 0.325 e. The van der Waals surface area contributed by atoms with Crippen molar-refractivity contribution in [3.8, 4) is 12.1 Å². The molecule has 0 bridgehead atoms. The molecule has 38 heavy (non-hydrogen) atoms. The molecule has 0 saturated heterocycles. The number of ether oxygens (including phenoxy) is 1. The molecule has 0 aromatic heterocycles. The predicted molar refractivity (Wildman–Crippen MR) is 130 cm³/mol. The van der Waals surface area contributed by atoms with Crippen molar-refractivity contribution in [1.29, 1.82) is 10.5 Å². The van der Waals surface area contributed by atoms with Gasteiger partial charge >= 0.3 is 5.97 Å². The number of nitrogens with zero attached hydrogens (tertiary/aromatic N) is 4. The van der Waals surface area contributed by atoms with Gasteiger partial charge in [0.2, 0.25) is 0 Å². The Kier molecular flexibility index (Phi) is 10.4. The third-order valence-corrected chi connectivity index (χ3v) is 4.64.